The Morgan fingerprint density at radius 3 is 2.70 bits per heavy atom. The monoisotopic (exact) mass is 322 g/mol. The molecule has 0 spiro atoms. The zero-order valence-corrected chi connectivity index (χ0v) is 13.2. The van der Waals surface area contributed by atoms with Crippen molar-refractivity contribution >= 4 is 27.4 Å². The third-order valence-corrected chi connectivity index (χ3v) is 4.57. The summed E-state index contributed by atoms with van der Waals surface area (Å²) in [5.74, 6) is 1.31. The summed E-state index contributed by atoms with van der Waals surface area (Å²) in [5.41, 5.74) is 8.82. The maximum Gasteiger partial charge on any atom is 0.213 e. The van der Waals surface area contributed by atoms with Gasteiger partial charge in [-0.2, -0.15) is 9.78 Å². The quantitative estimate of drug-likeness (QED) is 0.624. The third kappa shape index (κ3) is 2.33. The number of methoxy groups -OCH3 is 1. The molecule has 0 saturated carbocycles. The highest BCUT2D eigenvalue weighted by atomic mass is 32.1. The lowest BCUT2D eigenvalue weighted by atomic mass is 10.2. The first-order chi connectivity index (χ1) is 11.3. The number of ether oxygens (including phenoxy) is 1. The van der Waals surface area contributed by atoms with Gasteiger partial charge >= 0.3 is 0 Å². The molecule has 2 aromatic carbocycles. The number of anilines is 1. The van der Waals surface area contributed by atoms with Gasteiger partial charge in [0.25, 0.3) is 0 Å². The molecule has 114 valence electrons. The molecule has 2 heterocycles. The van der Waals surface area contributed by atoms with E-state index in [4.69, 9.17) is 10.5 Å². The van der Waals surface area contributed by atoms with Crippen molar-refractivity contribution in [3.8, 4) is 22.1 Å². The van der Waals surface area contributed by atoms with Crippen LogP contribution in [0.15, 0.2) is 54.6 Å². The van der Waals surface area contributed by atoms with Gasteiger partial charge in [0.15, 0.2) is 0 Å². The third-order valence-electron chi connectivity index (χ3n) is 3.58. The lowest BCUT2D eigenvalue weighted by Gasteiger charge is -1.98. The number of nitrogens with zero attached hydrogens (tertiary/aromatic N) is 3. The second-order valence-electron chi connectivity index (χ2n) is 5.04. The van der Waals surface area contributed by atoms with Crippen molar-refractivity contribution in [3.63, 3.8) is 0 Å². The van der Waals surface area contributed by atoms with Crippen LogP contribution in [0, 0.1) is 0 Å². The number of benzene rings is 2. The Morgan fingerprint density at radius 1 is 1.09 bits per heavy atom. The molecule has 0 aliphatic carbocycles. The molecule has 0 aliphatic rings. The summed E-state index contributed by atoms with van der Waals surface area (Å²) in [6.45, 7) is 0. The molecule has 4 rings (SSSR count). The number of nitrogens with two attached hydrogens (primary N) is 1. The molecular formula is C17H14N4OS. The molecule has 23 heavy (non-hydrogen) atoms. The Balaban J connectivity index is 1.84. The first kappa shape index (κ1) is 13.8. The van der Waals surface area contributed by atoms with E-state index >= 15 is 0 Å². The van der Waals surface area contributed by atoms with Crippen molar-refractivity contribution in [3.05, 3.63) is 54.6 Å². The minimum atomic E-state index is 0.557. The summed E-state index contributed by atoms with van der Waals surface area (Å²) in [6.07, 6.45) is 0. The lowest BCUT2D eigenvalue weighted by molar-refractivity contribution is 0.419. The van der Waals surface area contributed by atoms with Crippen LogP contribution in [0.5, 0.6) is 5.75 Å². The standard InChI is InChI=1S/C17H14N4OS/c1-22-13-8-5-9-14-16(13)19-17(23-14)21-15(18)10-12(20-21)11-6-3-2-4-7-11/h2-10H,18H2,1H3. The summed E-state index contributed by atoms with van der Waals surface area (Å²) in [4.78, 5) is 4.64. The predicted molar refractivity (Wildman–Crippen MR) is 93.1 cm³/mol. The molecule has 0 radical (unpaired) electrons. The van der Waals surface area contributed by atoms with Crippen LogP contribution in [0.4, 0.5) is 5.82 Å². The highest BCUT2D eigenvalue weighted by molar-refractivity contribution is 7.20. The van der Waals surface area contributed by atoms with Crippen LogP contribution in [0.2, 0.25) is 0 Å². The van der Waals surface area contributed by atoms with Gasteiger partial charge in [-0.3, -0.25) is 0 Å². The largest absolute Gasteiger partial charge is 0.494 e. The van der Waals surface area contributed by atoms with Crippen LogP contribution in [0.1, 0.15) is 0 Å². The van der Waals surface area contributed by atoms with Gasteiger partial charge in [0, 0.05) is 11.6 Å². The van der Waals surface area contributed by atoms with Crippen LogP contribution >= 0.6 is 11.3 Å². The van der Waals surface area contributed by atoms with E-state index in [0.29, 0.717) is 5.82 Å². The minimum absolute atomic E-state index is 0.557. The highest BCUT2D eigenvalue weighted by Crippen LogP contribution is 2.32. The highest BCUT2D eigenvalue weighted by Gasteiger charge is 2.14. The number of hydrogen-bond donors (Lipinski definition) is 1. The molecule has 0 bridgehead atoms. The number of para-hydroxylation sites is 1. The second-order valence-corrected chi connectivity index (χ2v) is 6.04. The maximum absolute atomic E-state index is 6.14. The van der Waals surface area contributed by atoms with E-state index in [2.05, 4.69) is 10.1 Å². The van der Waals surface area contributed by atoms with Crippen LogP contribution in [0.25, 0.3) is 26.6 Å². The van der Waals surface area contributed by atoms with E-state index in [1.54, 1.807) is 11.8 Å². The van der Waals surface area contributed by atoms with Crippen LogP contribution in [0.3, 0.4) is 0 Å². The van der Waals surface area contributed by atoms with Gasteiger partial charge < -0.3 is 10.5 Å². The van der Waals surface area contributed by atoms with Crippen molar-refractivity contribution in [2.24, 2.45) is 0 Å². The lowest BCUT2D eigenvalue weighted by Crippen LogP contribution is -2.00. The van der Waals surface area contributed by atoms with Gasteiger partial charge in [-0.1, -0.05) is 47.7 Å². The van der Waals surface area contributed by atoms with E-state index < -0.39 is 0 Å². The summed E-state index contributed by atoms with van der Waals surface area (Å²) in [7, 11) is 1.64. The van der Waals surface area contributed by atoms with Crippen LogP contribution < -0.4 is 10.5 Å². The number of fused-ring (bicyclic) bond motifs is 1. The van der Waals surface area contributed by atoms with Gasteiger partial charge in [-0.25, -0.2) is 4.98 Å². The van der Waals surface area contributed by atoms with E-state index in [9.17, 15) is 0 Å². The van der Waals surface area contributed by atoms with Crippen molar-refractivity contribution in [2.45, 2.75) is 0 Å². The van der Waals surface area contributed by atoms with Crippen molar-refractivity contribution < 1.29 is 4.74 Å². The Morgan fingerprint density at radius 2 is 1.91 bits per heavy atom. The zero-order chi connectivity index (χ0) is 15.8. The van der Waals surface area contributed by atoms with E-state index in [1.807, 2.05) is 54.6 Å². The van der Waals surface area contributed by atoms with Gasteiger partial charge in [-0.15, -0.1) is 0 Å². The molecule has 4 aromatic rings. The maximum atomic E-state index is 6.14. The average molecular weight is 322 g/mol. The molecular weight excluding hydrogens is 308 g/mol. The summed E-state index contributed by atoms with van der Waals surface area (Å²) >= 11 is 1.53. The molecule has 0 unspecified atom stereocenters. The predicted octanol–water partition coefficient (Wildman–Crippen LogP) is 3.74. The fourth-order valence-corrected chi connectivity index (χ4v) is 3.42. The Bertz CT molecular complexity index is 975. The summed E-state index contributed by atoms with van der Waals surface area (Å²) in [5, 5.41) is 5.33. The van der Waals surface area contributed by atoms with Gasteiger partial charge in [0.1, 0.15) is 17.1 Å². The van der Waals surface area contributed by atoms with Gasteiger partial charge in [0.2, 0.25) is 5.13 Å². The van der Waals surface area contributed by atoms with Crippen molar-refractivity contribution in [2.75, 3.05) is 12.8 Å². The molecule has 2 aromatic heterocycles. The number of hydrogen-bond acceptors (Lipinski definition) is 5. The number of nitrogen functional groups attached to an aromatic ring is 1. The molecule has 0 atom stereocenters. The average Bonchev–Trinajstić information content (AvgIpc) is 3.18. The van der Waals surface area contributed by atoms with E-state index in [1.165, 1.54) is 11.3 Å². The topological polar surface area (TPSA) is 66.0 Å². The summed E-state index contributed by atoms with van der Waals surface area (Å²) < 4.78 is 8.08. The molecule has 0 amide bonds. The number of rotatable bonds is 3. The Hall–Kier alpha value is -2.86. The van der Waals surface area contributed by atoms with Crippen LogP contribution in [-0.4, -0.2) is 21.9 Å². The van der Waals surface area contributed by atoms with Gasteiger partial charge in [0.05, 0.1) is 17.5 Å². The molecule has 0 fully saturated rings. The summed E-state index contributed by atoms with van der Waals surface area (Å²) in [6, 6.07) is 17.7. The zero-order valence-electron chi connectivity index (χ0n) is 12.4. The normalized spacial score (nSPS) is 11.0. The smallest absolute Gasteiger partial charge is 0.213 e. The van der Waals surface area contributed by atoms with Gasteiger partial charge in [-0.05, 0) is 12.1 Å². The Kier molecular flexibility index (Phi) is 3.24. The minimum Gasteiger partial charge on any atom is -0.494 e. The second kappa shape index (κ2) is 5.40. The molecule has 6 heteroatoms. The number of thiazole rings is 1. The van der Waals surface area contributed by atoms with Crippen molar-refractivity contribution in [1.82, 2.24) is 14.8 Å². The van der Waals surface area contributed by atoms with E-state index in [0.717, 1.165) is 32.4 Å². The number of aromatic nitrogens is 3. The molecule has 5 nitrogen and oxygen atoms in total. The molecule has 0 saturated heterocycles. The fraction of sp³-hybridized carbons (Fsp3) is 0.0588. The first-order valence-electron chi connectivity index (χ1n) is 7.11. The first-order valence-corrected chi connectivity index (χ1v) is 7.93. The fourth-order valence-electron chi connectivity index (χ4n) is 2.47. The molecule has 2 N–H and O–H groups in total. The molecule has 0 aliphatic heterocycles. The van der Waals surface area contributed by atoms with E-state index in [-0.39, 0.29) is 0 Å². The van der Waals surface area contributed by atoms with Crippen LogP contribution in [-0.2, 0) is 0 Å². The van der Waals surface area contributed by atoms with Crippen molar-refractivity contribution in [1.29, 1.82) is 0 Å². The Labute approximate surface area is 137 Å². The SMILES string of the molecule is COc1cccc2sc(-n3nc(-c4ccccc4)cc3N)nc12.